The van der Waals surface area contributed by atoms with Gasteiger partial charge in [-0.15, -0.1) is 0 Å². The van der Waals surface area contributed by atoms with Gasteiger partial charge in [0.05, 0.1) is 18.1 Å². The van der Waals surface area contributed by atoms with E-state index in [0.29, 0.717) is 29.4 Å². The van der Waals surface area contributed by atoms with Crippen molar-refractivity contribution >= 4 is 5.69 Å². The Hall–Kier alpha value is -2.60. The second-order valence-corrected chi connectivity index (χ2v) is 4.19. The van der Waals surface area contributed by atoms with Crippen molar-refractivity contribution in [1.29, 1.82) is 0 Å². The maximum Gasteiger partial charge on any atom is 0.270 e. The molecule has 2 aromatic rings. The molecule has 0 aliphatic heterocycles. The molecule has 0 heterocycles. The van der Waals surface area contributed by atoms with Gasteiger partial charge in [0.2, 0.25) is 0 Å². The molecule has 0 bridgehead atoms. The summed E-state index contributed by atoms with van der Waals surface area (Å²) in [6.45, 7) is 2.00. The lowest BCUT2D eigenvalue weighted by Gasteiger charge is -2.13. The van der Waals surface area contributed by atoms with Gasteiger partial charge in [0.15, 0.2) is 11.5 Å². The first kappa shape index (κ1) is 14.8. The molecule has 0 aliphatic carbocycles. The van der Waals surface area contributed by atoms with E-state index in [9.17, 15) is 15.2 Å². The third-order valence-corrected chi connectivity index (χ3v) is 2.79. The van der Waals surface area contributed by atoms with Crippen molar-refractivity contribution < 1.29 is 19.5 Å². The molecule has 6 nitrogen and oxygen atoms in total. The van der Waals surface area contributed by atoms with Gasteiger partial charge in [-0.25, -0.2) is 0 Å². The van der Waals surface area contributed by atoms with Gasteiger partial charge in [-0.1, -0.05) is 12.1 Å². The summed E-state index contributed by atoms with van der Waals surface area (Å²) < 4.78 is 11.2. The molecule has 0 amide bonds. The standard InChI is InChI=1S/C15H15NO5/c1-2-20-14-5-3-4-6-15(14)21-13-8-7-12(16(18)19)9-11(13)10-17/h3-9,17H,2,10H2,1H3. The lowest BCUT2D eigenvalue weighted by molar-refractivity contribution is -0.385. The number of benzene rings is 2. The van der Waals surface area contributed by atoms with Crippen LogP contribution >= 0.6 is 0 Å². The highest BCUT2D eigenvalue weighted by Gasteiger charge is 2.13. The lowest BCUT2D eigenvalue weighted by Crippen LogP contribution is -1.98. The molecule has 0 radical (unpaired) electrons. The number of nitrogens with zero attached hydrogens (tertiary/aromatic N) is 1. The fourth-order valence-electron chi connectivity index (χ4n) is 1.83. The number of ether oxygens (including phenoxy) is 2. The minimum Gasteiger partial charge on any atom is -0.490 e. The minimum atomic E-state index is -0.517. The van der Waals surface area contributed by atoms with Crippen LogP contribution in [0.4, 0.5) is 5.69 Å². The zero-order chi connectivity index (χ0) is 15.2. The molecule has 0 saturated carbocycles. The molecule has 2 rings (SSSR count). The molecule has 21 heavy (non-hydrogen) atoms. The normalized spacial score (nSPS) is 10.2. The summed E-state index contributed by atoms with van der Waals surface area (Å²) in [5.74, 6) is 1.42. The van der Waals surface area contributed by atoms with E-state index >= 15 is 0 Å². The average molecular weight is 289 g/mol. The van der Waals surface area contributed by atoms with Crippen molar-refractivity contribution in [2.24, 2.45) is 0 Å². The van der Waals surface area contributed by atoms with Gasteiger partial charge in [-0.3, -0.25) is 10.1 Å². The molecule has 6 heteroatoms. The molecule has 2 aromatic carbocycles. The molecule has 110 valence electrons. The molecule has 0 atom stereocenters. The third-order valence-electron chi connectivity index (χ3n) is 2.79. The van der Waals surface area contributed by atoms with Gasteiger partial charge in [0.25, 0.3) is 5.69 Å². The fourth-order valence-corrected chi connectivity index (χ4v) is 1.83. The van der Waals surface area contributed by atoms with Crippen LogP contribution in [-0.4, -0.2) is 16.6 Å². The van der Waals surface area contributed by atoms with E-state index in [1.165, 1.54) is 18.2 Å². The summed E-state index contributed by atoms with van der Waals surface area (Å²) in [4.78, 5) is 10.2. The number of hydrogen-bond donors (Lipinski definition) is 1. The minimum absolute atomic E-state index is 0.0931. The summed E-state index contributed by atoms with van der Waals surface area (Å²) in [5, 5.41) is 20.1. The Morgan fingerprint density at radius 3 is 2.48 bits per heavy atom. The van der Waals surface area contributed by atoms with Gasteiger partial charge in [0.1, 0.15) is 5.75 Å². The Morgan fingerprint density at radius 1 is 1.14 bits per heavy atom. The number of non-ortho nitro benzene ring substituents is 1. The van der Waals surface area contributed by atoms with Crippen LogP contribution in [0, 0.1) is 10.1 Å². The van der Waals surface area contributed by atoms with Crippen molar-refractivity contribution in [3.8, 4) is 17.2 Å². The maximum absolute atomic E-state index is 10.7. The molecular weight excluding hydrogens is 274 g/mol. The summed E-state index contributed by atoms with van der Waals surface area (Å²) in [6.07, 6.45) is 0. The maximum atomic E-state index is 10.7. The third kappa shape index (κ3) is 3.49. The number of para-hydroxylation sites is 2. The monoisotopic (exact) mass is 289 g/mol. The number of hydrogen-bond acceptors (Lipinski definition) is 5. The molecular formula is C15H15NO5. The molecule has 1 N–H and O–H groups in total. The Balaban J connectivity index is 2.33. The van der Waals surface area contributed by atoms with Gasteiger partial charge in [-0.05, 0) is 25.1 Å². The van der Waals surface area contributed by atoms with E-state index in [-0.39, 0.29) is 12.3 Å². The van der Waals surface area contributed by atoms with Crippen LogP contribution < -0.4 is 9.47 Å². The van der Waals surface area contributed by atoms with E-state index < -0.39 is 4.92 Å². The predicted octanol–water partition coefficient (Wildman–Crippen LogP) is 3.28. The number of nitro benzene ring substituents is 1. The van der Waals surface area contributed by atoms with Crippen LogP contribution in [0.25, 0.3) is 0 Å². The summed E-state index contributed by atoms with van der Waals surface area (Å²) in [6, 6.07) is 11.2. The highest BCUT2D eigenvalue weighted by molar-refractivity contribution is 5.48. The van der Waals surface area contributed by atoms with E-state index in [1.54, 1.807) is 18.2 Å². The van der Waals surface area contributed by atoms with E-state index in [0.717, 1.165) is 0 Å². The predicted molar refractivity (Wildman–Crippen MR) is 76.7 cm³/mol. The number of rotatable bonds is 6. The molecule has 0 saturated heterocycles. The van der Waals surface area contributed by atoms with Crippen molar-refractivity contribution in [3.63, 3.8) is 0 Å². The zero-order valence-corrected chi connectivity index (χ0v) is 11.5. The Labute approximate surface area is 121 Å². The van der Waals surface area contributed by atoms with Gasteiger partial charge >= 0.3 is 0 Å². The van der Waals surface area contributed by atoms with Crippen LogP contribution in [0.2, 0.25) is 0 Å². The van der Waals surface area contributed by atoms with Crippen molar-refractivity contribution in [3.05, 3.63) is 58.1 Å². The second-order valence-electron chi connectivity index (χ2n) is 4.19. The molecule has 0 spiro atoms. The fraction of sp³-hybridized carbons (Fsp3) is 0.200. The van der Waals surface area contributed by atoms with Crippen molar-refractivity contribution in [2.45, 2.75) is 13.5 Å². The first-order valence-electron chi connectivity index (χ1n) is 6.43. The van der Waals surface area contributed by atoms with Gasteiger partial charge < -0.3 is 14.6 Å². The summed E-state index contributed by atoms with van der Waals surface area (Å²) in [7, 11) is 0. The number of nitro groups is 1. The largest absolute Gasteiger partial charge is 0.490 e. The van der Waals surface area contributed by atoms with Crippen LogP contribution in [0.5, 0.6) is 17.2 Å². The zero-order valence-electron chi connectivity index (χ0n) is 11.5. The molecule has 0 unspecified atom stereocenters. The second kappa shape index (κ2) is 6.71. The highest BCUT2D eigenvalue weighted by Crippen LogP contribution is 2.34. The van der Waals surface area contributed by atoms with Crippen LogP contribution in [-0.2, 0) is 6.61 Å². The smallest absolute Gasteiger partial charge is 0.270 e. The Bertz CT molecular complexity index is 642. The topological polar surface area (TPSA) is 81.8 Å². The van der Waals surface area contributed by atoms with E-state index in [1.807, 2.05) is 13.0 Å². The number of aliphatic hydroxyl groups is 1. The summed E-state index contributed by atoms with van der Waals surface area (Å²) in [5.41, 5.74) is 0.250. The highest BCUT2D eigenvalue weighted by atomic mass is 16.6. The molecule has 0 aliphatic rings. The van der Waals surface area contributed by atoms with Gasteiger partial charge in [0, 0.05) is 17.7 Å². The van der Waals surface area contributed by atoms with Crippen LogP contribution in [0.1, 0.15) is 12.5 Å². The first-order chi connectivity index (χ1) is 10.2. The quantitative estimate of drug-likeness (QED) is 0.652. The van der Waals surface area contributed by atoms with Crippen LogP contribution in [0.15, 0.2) is 42.5 Å². The first-order valence-corrected chi connectivity index (χ1v) is 6.43. The lowest BCUT2D eigenvalue weighted by atomic mass is 10.2. The van der Waals surface area contributed by atoms with Crippen molar-refractivity contribution in [2.75, 3.05) is 6.61 Å². The summed E-state index contributed by atoms with van der Waals surface area (Å²) >= 11 is 0. The van der Waals surface area contributed by atoms with Gasteiger partial charge in [-0.2, -0.15) is 0 Å². The Morgan fingerprint density at radius 2 is 1.86 bits per heavy atom. The SMILES string of the molecule is CCOc1ccccc1Oc1ccc([N+](=O)[O-])cc1CO. The average Bonchev–Trinajstić information content (AvgIpc) is 2.49. The Kier molecular flexibility index (Phi) is 4.73. The molecule has 0 aromatic heterocycles. The van der Waals surface area contributed by atoms with Crippen molar-refractivity contribution in [1.82, 2.24) is 0 Å². The van der Waals surface area contributed by atoms with E-state index in [2.05, 4.69) is 0 Å². The van der Waals surface area contributed by atoms with E-state index in [4.69, 9.17) is 9.47 Å². The molecule has 0 fully saturated rings. The number of aliphatic hydroxyl groups excluding tert-OH is 1. The van der Waals surface area contributed by atoms with Crippen LogP contribution in [0.3, 0.4) is 0 Å².